The molecule has 1 aliphatic carbocycles. The van der Waals surface area contributed by atoms with Gasteiger partial charge in [0.1, 0.15) is 5.76 Å². The summed E-state index contributed by atoms with van der Waals surface area (Å²) in [4.78, 5) is 2.34. The molecule has 150 valence electrons. The van der Waals surface area contributed by atoms with E-state index >= 15 is 0 Å². The summed E-state index contributed by atoms with van der Waals surface area (Å²) in [7, 11) is 0. The molecule has 0 bridgehead atoms. The molecule has 0 radical (unpaired) electrons. The molecule has 0 N–H and O–H groups in total. The Morgan fingerprint density at radius 2 is 1.76 bits per heavy atom. The number of nitrogens with zero attached hydrogens (tertiary/aromatic N) is 1. The second-order valence-electron chi connectivity index (χ2n) is 7.66. The number of benzene rings is 2. The molecule has 0 aromatic heterocycles. The summed E-state index contributed by atoms with van der Waals surface area (Å²) in [6.07, 6.45) is 11.5. The van der Waals surface area contributed by atoms with Gasteiger partial charge in [-0.05, 0) is 74.1 Å². The molecule has 1 unspecified atom stereocenters. The van der Waals surface area contributed by atoms with E-state index in [0.717, 1.165) is 19.3 Å². The van der Waals surface area contributed by atoms with E-state index in [0.29, 0.717) is 18.3 Å². The third-order valence-corrected chi connectivity index (χ3v) is 5.16. The zero-order valence-corrected chi connectivity index (χ0v) is 17.6. The van der Waals surface area contributed by atoms with Crippen LogP contribution in [-0.4, -0.2) is 6.61 Å². The molecule has 2 heteroatoms. The Kier molecular flexibility index (Phi) is 7.13. The molecule has 0 spiro atoms. The van der Waals surface area contributed by atoms with Crippen LogP contribution in [-0.2, 0) is 11.2 Å². The minimum Gasteiger partial charge on any atom is -0.494 e. The minimum absolute atomic E-state index is 0.598. The third kappa shape index (κ3) is 5.74. The van der Waals surface area contributed by atoms with E-state index in [1.807, 2.05) is 0 Å². The first kappa shape index (κ1) is 20.7. The Hall–Kier alpha value is -3.00. The van der Waals surface area contributed by atoms with E-state index in [2.05, 4.69) is 98.7 Å². The van der Waals surface area contributed by atoms with Gasteiger partial charge in [-0.25, -0.2) is 0 Å². The Morgan fingerprint density at radius 1 is 1.10 bits per heavy atom. The van der Waals surface area contributed by atoms with Crippen LogP contribution in [0.25, 0.3) is 0 Å². The first-order valence-corrected chi connectivity index (χ1v) is 10.3. The number of hydrogen-bond acceptors (Lipinski definition) is 2. The van der Waals surface area contributed by atoms with E-state index in [9.17, 15) is 0 Å². The number of aryl methyl sites for hydroxylation is 2. The zero-order valence-electron chi connectivity index (χ0n) is 17.6. The number of ether oxygens (including phenoxy) is 1. The second kappa shape index (κ2) is 9.97. The summed E-state index contributed by atoms with van der Waals surface area (Å²) in [5.41, 5.74) is 6.18. The lowest BCUT2D eigenvalue weighted by Gasteiger charge is -2.28. The van der Waals surface area contributed by atoms with E-state index in [-0.39, 0.29) is 0 Å². The maximum atomic E-state index is 5.49. The van der Waals surface area contributed by atoms with Gasteiger partial charge in [-0.2, -0.15) is 0 Å². The number of rotatable bonds is 9. The summed E-state index contributed by atoms with van der Waals surface area (Å²) in [5.74, 6) is 1.23. The van der Waals surface area contributed by atoms with Crippen LogP contribution in [0.4, 0.5) is 11.4 Å². The maximum Gasteiger partial charge on any atom is 0.111 e. The van der Waals surface area contributed by atoms with Gasteiger partial charge in [0.2, 0.25) is 0 Å². The van der Waals surface area contributed by atoms with E-state index in [1.165, 1.54) is 28.2 Å². The fourth-order valence-corrected chi connectivity index (χ4v) is 3.37. The van der Waals surface area contributed by atoms with Crippen molar-refractivity contribution in [2.75, 3.05) is 11.5 Å². The van der Waals surface area contributed by atoms with Gasteiger partial charge >= 0.3 is 0 Å². The van der Waals surface area contributed by atoms with Crippen LogP contribution in [0.15, 0.2) is 97.4 Å². The predicted octanol–water partition coefficient (Wildman–Crippen LogP) is 7.26. The zero-order chi connectivity index (χ0) is 20.6. The third-order valence-electron chi connectivity index (χ3n) is 5.16. The number of anilines is 2. The van der Waals surface area contributed by atoms with Crippen molar-refractivity contribution in [3.05, 3.63) is 109 Å². The molecule has 2 nitrogen and oxygen atoms in total. The van der Waals surface area contributed by atoms with Crippen molar-refractivity contribution in [1.29, 1.82) is 0 Å². The molecule has 2 aromatic carbocycles. The molecule has 0 saturated carbocycles. The quantitative estimate of drug-likeness (QED) is 0.256. The SMILES string of the molecule is C=CC(=C)OCCCc1ccc(N(C2=CCC(C)C=C2)c2ccc(C)cc2)cc1. The molecule has 29 heavy (non-hydrogen) atoms. The van der Waals surface area contributed by atoms with Gasteiger partial charge in [0, 0.05) is 17.1 Å². The lowest BCUT2D eigenvalue weighted by Crippen LogP contribution is -2.17. The van der Waals surface area contributed by atoms with Gasteiger partial charge in [0.25, 0.3) is 0 Å². The van der Waals surface area contributed by atoms with Crippen molar-refractivity contribution in [3.8, 4) is 0 Å². The van der Waals surface area contributed by atoms with Crippen molar-refractivity contribution < 1.29 is 4.74 Å². The summed E-state index contributed by atoms with van der Waals surface area (Å²) in [6, 6.07) is 17.6. The van der Waals surface area contributed by atoms with Crippen LogP contribution >= 0.6 is 0 Å². The fourth-order valence-electron chi connectivity index (χ4n) is 3.37. The van der Waals surface area contributed by atoms with Crippen LogP contribution < -0.4 is 4.90 Å². The predicted molar refractivity (Wildman–Crippen MR) is 124 cm³/mol. The fraction of sp³-hybridized carbons (Fsp3) is 0.259. The van der Waals surface area contributed by atoms with E-state index in [4.69, 9.17) is 4.74 Å². The monoisotopic (exact) mass is 385 g/mol. The molecular weight excluding hydrogens is 354 g/mol. The Balaban J connectivity index is 1.76. The van der Waals surface area contributed by atoms with Crippen molar-refractivity contribution >= 4 is 11.4 Å². The van der Waals surface area contributed by atoms with Gasteiger partial charge in [0.05, 0.1) is 6.61 Å². The molecule has 0 heterocycles. The largest absolute Gasteiger partial charge is 0.494 e. The van der Waals surface area contributed by atoms with Crippen molar-refractivity contribution in [3.63, 3.8) is 0 Å². The summed E-state index contributed by atoms with van der Waals surface area (Å²) >= 11 is 0. The molecule has 1 atom stereocenters. The molecule has 2 aromatic rings. The summed E-state index contributed by atoms with van der Waals surface area (Å²) < 4.78 is 5.49. The van der Waals surface area contributed by atoms with Crippen LogP contribution in [0.1, 0.15) is 30.9 Å². The van der Waals surface area contributed by atoms with Gasteiger partial charge in [-0.15, -0.1) is 0 Å². The van der Waals surface area contributed by atoms with E-state index < -0.39 is 0 Å². The van der Waals surface area contributed by atoms with Crippen molar-refractivity contribution in [2.24, 2.45) is 5.92 Å². The van der Waals surface area contributed by atoms with Gasteiger partial charge in [0.15, 0.2) is 0 Å². The topological polar surface area (TPSA) is 12.5 Å². The maximum absolute atomic E-state index is 5.49. The molecule has 3 rings (SSSR count). The smallest absolute Gasteiger partial charge is 0.111 e. The average molecular weight is 386 g/mol. The van der Waals surface area contributed by atoms with E-state index in [1.54, 1.807) is 6.08 Å². The minimum atomic E-state index is 0.598. The lowest BCUT2D eigenvalue weighted by atomic mass is 10.00. The highest BCUT2D eigenvalue weighted by molar-refractivity contribution is 5.70. The molecule has 0 saturated heterocycles. The van der Waals surface area contributed by atoms with Crippen LogP contribution in [0.5, 0.6) is 0 Å². The van der Waals surface area contributed by atoms with Crippen LogP contribution in [0.3, 0.4) is 0 Å². The van der Waals surface area contributed by atoms with Gasteiger partial charge in [-0.3, -0.25) is 0 Å². The Labute approximate surface area is 175 Å². The highest BCUT2D eigenvalue weighted by Crippen LogP contribution is 2.33. The summed E-state index contributed by atoms with van der Waals surface area (Å²) in [6.45, 7) is 12.5. The second-order valence-corrected chi connectivity index (χ2v) is 7.66. The highest BCUT2D eigenvalue weighted by atomic mass is 16.5. The summed E-state index contributed by atoms with van der Waals surface area (Å²) in [5, 5.41) is 0. The van der Waals surface area contributed by atoms with Crippen molar-refractivity contribution in [1.82, 2.24) is 0 Å². The first-order valence-electron chi connectivity index (χ1n) is 10.3. The highest BCUT2D eigenvalue weighted by Gasteiger charge is 2.15. The number of allylic oxidation sites excluding steroid dienone is 4. The lowest BCUT2D eigenvalue weighted by molar-refractivity contribution is 0.222. The molecule has 0 amide bonds. The first-order chi connectivity index (χ1) is 14.1. The Morgan fingerprint density at radius 3 is 2.34 bits per heavy atom. The van der Waals surface area contributed by atoms with Crippen LogP contribution in [0.2, 0.25) is 0 Å². The molecule has 0 fully saturated rings. The van der Waals surface area contributed by atoms with Gasteiger partial charge in [-0.1, -0.05) is 62.1 Å². The Bertz CT molecular complexity index is 887. The van der Waals surface area contributed by atoms with Crippen molar-refractivity contribution in [2.45, 2.75) is 33.1 Å². The standard InChI is InChI=1S/C27H31NO/c1-5-23(4)29-20-6-7-24-12-18-27(19-13-24)28(25-14-8-21(2)9-15-25)26-16-10-22(3)11-17-26/h5,8-10,12-19,22H,1,4,6-7,11,20H2,2-3H3. The molecule has 1 aliphatic rings. The average Bonchev–Trinajstić information content (AvgIpc) is 2.75. The normalized spacial score (nSPS) is 15.5. The number of hydrogen-bond donors (Lipinski definition) is 0. The van der Waals surface area contributed by atoms with Crippen LogP contribution in [0, 0.1) is 12.8 Å². The van der Waals surface area contributed by atoms with Gasteiger partial charge < -0.3 is 9.64 Å². The molecular formula is C27H31NO. The molecule has 0 aliphatic heterocycles.